The van der Waals surface area contributed by atoms with Gasteiger partial charge in [-0.2, -0.15) is 5.10 Å². The van der Waals surface area contributed by atoms with Gasteiger partial charge >= 0.3 is 0 Å². The quantitative estimate of drug-likeness (QED) is 0.788. The molecule has 0 fully saturated rings. The van der Waals surface area contributed by atoms with Crippen molar-refractivity contribution in [1.29, 1.82) is 0 Å². The number of anilines is 3. The molecule has 6 nitrogen and oxygen atoms in total. The maximum absolute atomic E-state index is 12.1. The molecule has 1 heterocycles. The number of nitrogen functional groups attached to an aromatic ring is 1. The zero-order chi connectivity index (χ0) is 15.4. The molecule has 0 bridgehead atoms. The molecule has 4 N–H and O–H groups in total. The van der Waals surface area contributed by atoms with Gasteiger partial charge in [0.1, 0.15) is 0 Å². The van der Waals surface area contributed by atoms with Crippen molar-refractivity contribution in [3.05, 3.63) is 35.7 Å². The normalized spacial score (nSPS) is 10.4. The Morgan fingerprint density at radius 1 is 1.29 bits per heavy atom. The third-order valence-electron chi connectivity index (χ3n) is 3.46. The minimum atomic E-state index is -0.313. The highest BCUT2D eigenvalue weighted by molar-refractivity contribution is 6.06. The maximum atomic E-state index is 12.1. The molecule has 1 aromatic carbocycles. The van der Waals surface area contributed by atoms with Crippen LogP contribution in [0.2, 0.25) is 0 Å². The Labute approximate surface area is 124 Å². The van der Waals surface area contributed by atoms with Gasteiger partial charge in [-0.25, -0.2) is 0 Å². The molecule has 6 heteroatoms. The fourth-order valence-corrected chi connectivity index (χ4v) is 2.15. The third-order valence-corrected chi connectivity index (χ3v) is 3.46. The van der Waals surface area contributed by atoms with Gasteiger partial charge in [0.15, 0.2) is 5.69 Å². The van der Waals surface area contributed by atoms with Gasteiger partial charge in [0.2, 0.25) is 0 Å². The Morgan fingerprint density at radius 2 is 1.90 bits per heavy atom. The second-order valence-corrected chi connectivity index (χ2v) is 4.78. The van der Waals surface area contributed by atoms with Crippen LogP contribution in [0.25, 0.3) is 0 Å². The van der Waals surface area contributed by atoms with Crippen LogP contribution in [0.3, 0.4) is 0 Å². The Morgan fingerprint density at radius 3 is 2.38 bits per heavy atom. The van der Waals surface area contributed by atoms with Gasteiger partial charge in [-0.15, -0.1) is 0 Å². The summed E-state index contributed by atoms with van der Waals surface area (Å²) in [5.41, 5.74) is 8.94. The summed E-state index contributed by atoms with van der Waals surface area (Å²) in [5, 5.41) is 9.41. The smallest absolute Gasteiger partial charge is 0.278 e. The molecule has 0 unspecified atom stereocenters. The second-order valence-electron chi connectivity index (χ2n) is 4.78. The number of nitrogens with two attached hydrogens (primary N) is 1. The van der Waals surface area contributed by atoms with E-state index in [0.717, 1.165) is 24.5 Å². The van der Waals surface area contributed by atoms with Gasteiger partial charge in [0.25, 0.3) is 5.91 Å². The van der Waals surface area contributed by atoms with Crippen LogP contribution >= 0.6 is 0 Å². The predicted octanol–water partition coefficient (Wildman–Crippen LogP) is 2.40. The van der Waals surface area contributed by atoms with Gasteiger partial charge in [-0.3, -0.25) is 9.89 Å². The Hall–Kier alpha value is -2.50. The van der Waals surface area contributed by atoms with E-state index in [1.54, 1.807) is 6.92 Å². The van der Waals surface area contributed by atoms with Crippen LogP contribution in [-0.4, -0.2) is 29.2 Å². The van der Waals surface area contributed by atoms with Gasteiger partial charge in [-0.05, 0) is 45.0 Å². The summed E-state index contributed by atoms with van der Waals surface area (Å²) in [4.78, 5) is 14.3. The highest BCUT2D eigenvalue weighted by Crippen LogP contribution is 2.19. The molecule has 0 radical (unpaired) electrons. The number of amides is 1. The summed E-state index contributed by atoms with van der Waals surface area (Å²) in [6.07, 6.45) is 0. The minimum Gasteiger partial charge on any atom is -0.395 e. The van der Waals surface area contributed by atoms with Crippen molar-refractivity contribution in [1.82, 2.24) is 10.2 Å². The first-order valence-corrected chi connectivity index (χ1v) is 7.03. The van der Waals surface area contributed by atoms with Gasteiger partial charge in [0.05, 0.1) is 11.4 Å². The molecule has 0 aliphatic heterocycles. The van der Waals surface area contributed by atoms with E-state index in [4.69, 9.17) is 5.73 Å². The van der Waals surface area contributed by atoms with Gasteiger partial charge in [-0.1, -0.05) is 0 Å². The van der Waals surface area contributed by atoms with Crippen molar-refractivity contribution < 1.29 is 4.79 Å². The number of H-pyrrole nitrogens is 1. The number of rotatable bonds is 5. The fraction of sp³-hybridized carbons (Fsp3) is 0.333. The van der Waals surface area contributed by atoms with Crippen molar-refractivity contribution in [3.8, 4) is 0 Å². The Balaban J connectivity index is 2.10. The lowest BCUT2D eigenvalue weighted by atomic mass is 10.2. The van der Waals surface area contributed by atoms with E-state index in [-0.39, 0.29) is 11.6 Å². The number of hydrogen-bond acceptors (Lipinski definition) is 4. The first-order valence-electron chi connectivity index (χ1n) is 7.03. The summed E-state index contributed by atoms with van der Waals surface area (Å²) in [6, 6.07) is 7.73. The number of nitrogens with one attached hydrogen (secondary N) is 2. The zero-order valence-corrected chi connectivity index (χ0v) is 12.6. The first-order chi connectivity index (χ1) is 10.1. The van der Waals surface area contributed by atoms with E-state index >= 15 is 0 Å². The van der Waals surface area contributed by atoms with Crippen LogP contribution in [0.4, 0.5) is 17.1 Å². The molecular weight excluding hydrogens is 266 g/mol. The van der Waals surface area contributed by atoms with Crippen molar-refractivity contribution >= 4 is 23.0 Å². The van der Waals surface area contributed by atoms with Crippen LogP contribution in [-0.2, 0) is 0 Å². The number of aryl methyl sites for hydroxylation is 1. The van der Waals surface area contributed by atoms with E-state index in [0.29, 0.717) is 11.4 Å². The molecule has 2 rings (SSSR count). The standard InChI is InChI=1S/C15H21N5O/c1-4-20(5-2)12-8-6-11(7-9-12)17-15(21)14-13(16)10(3)18-19-14/h6-9H,4-5,16H2,1-3H3,(H,17,21)(H,18,19). The Bertz CT molecular complexity index is 613. The van der Waals surface area contributed by atoms with Crippen LogP contribution in [0.5, 0.6) is 0 Å². The summed E-state index contributed by atoms with van der Waals surface area (Å²) in [5.74, 6) is -0.313. The number of carbonyl (C=O) groups excluding carboxylic acids is 1. The molecule has 0 saturated heterocycles. The molecule has 112 valence electrons. The largest absolute Gasteiger partial charge is 0.395 e. The average molecular weight is 287 g/mol. The SMILES string of the molecule is CCN(CC)c1ccc(NC(=O)c2n[nH]c(C)c2N)cc1. The molecule has 0 atom stereocenters. The molecular formula is C15H21N5O. The average Bonchev–Trinajstić information content (AvgIpc) is 2.82. The van der Waals surface area contributed by atoms with Crippen LogP contribution in [0.15, 0.2) is 24.3 Å². The van der Waals surface area contributed by atoms with E-state index in [2.05, 4.69) is 34.3 Å². The summed E-state index contributed by atoms with van der Waals surface area (Å²) in [7, 11) is 0. The molecule has 0 aliphatic carbocycles. The topological polar surface area (TPSA) is 87.0 Å². The minimum absolute atomic E-state index is 0.223. The lowest BCUT2D eigenvalue weighted by Crippen LogP contribution is -2.21. The number of nitrogens with zero attached hydrogens (tertiary/aromatic N) is 2. The van der Waals surface area contributed by atoms with Crippen molar-refractivity contribution in [2.45, 2.75) is 20.8 Å². The highest BCUT2D eigenvalue weighted by Gasteiger charge is 2.15. The van der Waals surface area contributed by atoms with Crippen LogP contribution in [0.1, 0.15) is 30.0 Å². The van der Waals surface area contributed by atoms with Crippen molar-refractivity contribution in [3.63, 3.8) is 0 Å². The number of aromatic amines is 1. The number of hydrogen-bond donors (Lipinski definition) is 3. The van der Waals surface area contributed by atoms with E-state index in [9.17, 15) is 4.79 Å². The van der Waals surface area contributed by atoms with Crippen molar-refractivity contribution in [2.24, 2.45) is 0 Å². The number of carbonyl (C=O) groups is 1. The summed E-state index contributed by atoms with van der Waals surface area (Å²) >= 11 is 0. The predicted molar refractivity (Wildman–Crippen MR) is 85.7 cm³/mol. The molecule has 1 aromatic heterocycles. The van der Waals surface area contributed by atoms with E-state index in [1.165, 1.54) is 0 Å². The molecule has 0 spiro atoms. The molecule has 0 aliphatic rings. The second kappa shape index (κ2) is 6.30. The lowest BCUT2D eigenvalue weighted by molar-refractivity contribution is 0.102. The van der Waals surface area contributed by atoms with E-state index < -0.39 is 0 Å². The highest BCUT2D eigenvalue weighted by atomic mass is 16.2. The molecule has 0 saturated carbocycles. The van der Waals surface area contributed by atoms with Gasteiger partial charge < -0.3 is 16.0 Å². The lowest BCUT2D eigenvalue weighted by Gasteiger charge is -2.21. The molecule has 2 aromatic rings. The maximum Gasteiger partial charge on any atom is 0.278 e. The number of aromatic nitrogens is 2. The zero-order valence-electron chi connectivity index (χ0n) is 12.6. The first kappa shape index (κ1) is 14.9. The van der Waals surface area contributed by atoms with Crippen molar-refractivity contribution in [2.75, 3.05) is 29.0 Å². The van der Waals surface area contributed by atoms with Gasteiger partial charge in [0, 0.05) is 24.5 Å². The summed E-state index contributed by atoms with van der Waals surface area (Å²) < 4.78 is 0. The van der Waals surface area contributed by atoms with E-state index in [1.807, 2.05) is 24.3 Å². The fourth-order valence-electron chi connectivity index (χ4n) is 2.15. The van der Waals surface area contributed by atoms with Crippen LogP contribution in [0, 0.1) is 6.92 Å². The summed E-state index contributed by atoms with van der Waals surface area (Å²) in [6.45, 7) is 7.90. The number of benzene rings is 1. The molecule has 1 amide bonds. The third kappa shape index (κ3) is 3.16. The molecule has 21 heavy (non-hydrogen) atoms. The monoisotopic (exact) mass is 287 g/mol. The van der Waals surface area contributed by atoms with Crippen LogP contribution < -0.4 is 16.0 Å². The Kier molecular flexibility index (Phi) is 4.47.